The van der Waals surface area contributed by atoms with Crippen LogP contribution in [0.5, 0.6) is 0 Å². The van der Waals surface area contributed by atoms with Crippen molar-refractivity contribution in [3.8, 4) is 17.3 Å². The molecule has 0 aliphatic rings. The molecule has 0 unspecified atom stereocenters. The van der Waals surface area contributed by atoms with Gasteiger partial charge in [0.15, 0.2) is 5.69 Å². The molecular weight excluding hydrogens is 306 g/mol. The monoisotopic (exact) mass is 317 g/mol. The number of hydrogen-bond donors (Lipinski definition) is 0. The second kappa shape index (κ2) is 5.63. The number of rotatable bonds is 3. The van der Waals surface area contributed by atoms with E-state index in [9.17, 15) is 5.26 Å². The Bertz CT molecular complexity index is 996. The van der Waals surface area contributed by atoms with Crippen molar-refractivity contribution in [2.45, 2.75) is 6.42 Å². The van der Waals surface area contributed by atoms with Gasteiger partial charge < -0.3 is 0 Å². The first-order valence-electron chi connectivity index (χ1n) is 7.08. The first-order valence-corrected chi connectivity index (χ1v) is 7.89. The summed E-state index contributed by atoms with van der Waals surface area (Å²) in [5, 5.41) is 15.0. The third-order valence-electron chi connectivity index (χ3n) is 3.48. The van der Waals surface area contributed by atoms with Crippen molar-refractivity contribution >= 4 is 16.3 Å². The zero-order valence-electron chi connectivity index (χ0n) is 12.0. The summed E-state index contributed by atoms with van der Waals surface area (Å²) >= 11 is 1.51. The summed E-state index contributed by atoms with van der Waals surface area (Å²) < 4.78 is 1.63. The number of benzene rings is 1. The molecule has 0 fully saturated rings. The van der Waals surface area contributed by atoms with Gasteiger partial charge >= 0.3 is 0 Å². The Morgan fingerprint density at radius 3 is 2.74 bits per heavy atom. The van der Waals surface area contributed by atoms with E-state index in [-0.39, 0.29) is 0 Å². The lowest BCUT2D eigenvalue weighted by atomic mass is 10.2. The molecule has 23 heavy (non-hydrogen) atoms. The van der Waals surface area contributed by atoms with Crippen molar-refractivity contribution in [3.05, 3.63) is 71.1 Å². The van der Waals surface area contributed by atoms with E-state index in [2.05, 4.69) is 33.3 Å². The third kappa shape index (κ3) is 2.47. The minimum absolute atomic E-state index is 0.448. The second-order valence-electron chi connectivity index (χ2n) is 5.02. The SMILES string of the molecule is N#Cc1c(-c2cccnc2)nc2sc(Cc3ccccc3)nn12. The fourth-order valence-electron chi connectivity index (χ4n) is 2.43. The summed E-state index contributed by atoms with van der Waals surface area (Å²) in [7, 11) is 0. The maximum Gasteiger partial charge on any atom is 0.214 e. The second-order valence-corrected chi connectivity index (χ2v) is 6.06. The molecule has 3 heterocycles. The van der Waals surface area contributed by atoms with Crippen molar-refractivity contribution in [3.63, 3.8) is 0 Å². The van der Waals surface area contributed by atoms with Crippen LogP contribution in [0.15, 0.2) is 54.9 Å². The highest BCUT2D eigenvalue weighted by Crippen LogP contribution is 2.26. The maximum absolute atomic E-state index is 9.50. The van der Waals surface area contributed by atoms with E-state index < -0.39 is 0 Å². The van der Waals surface area contributed by atoms with Gasteiger partial charge in [-0.1, -0.05) is 41.7 Å². The molecule has 0 aliphatic carbocycles. The van der Waals surface area contributed by atoms with Gasteiger partial charge in [0.05, 0.1) is 0 Å². The molecule has 0 atom stereocenters. The van der Waals surface area contributed by atoms with Gasteiger partial charge in [0.2, 0.25) is 4.96 Å². The predicted molar refractivity (Wildman–Crippen MR) is 88.1 cm³/mol. The van der Waals surface area contributed by atoms with Crippen molar-refractivity contribution in [1.82, 2.24) is 19.6 Å². The van der Waals surface area contributed by atoms with Crippen LogP contribution in [0.4, 0.5) is 0 Å². The number of nitrogens with zero attached hydrogens (tertiary/aromatic N) is 5. The summed E-state index contributed by atoms with van der Waals surface area (Å²) in [6.45, 7) is 0. The lowest BCUT2D eigenvalue weighted by Gasteiger charge is -1.97. The Kier molecular flexibility index (Phi) is 3.33. The summed E-state index contributed by atoms with van der Waals surface area (Å²) in [6.07, 6.45) is 4.14. The first-order chi connectivity index (χ1) is 11.3. The van der Waals surface area contributed by atoms with Crippen LogP contribution in [0.25, 0.3) is 16.2 Å². The van der Waals surface area contributed by atoms with Gasteiger partial charge in [-0.15, -0.1) is 0 Å². The topological polar surface area (TPSA) is 66.9 Å². The minimum Gasteiger partial charge on any atom is -0.264 e. The Hall–Kier alpha value is -3.04. The smallest absolute Gasteiger partial charge is 0.214 e. The molecule has 0 aliphatic heterocycles. The third-order valence-corrected chi connectivity index (χ3v) is 4.39. The molecule has 4 aromatic rings. The Balaban J connectivity index is 1.77. The van der Waals surface area contributed by atoms with E-state index in [0.717, 1.165) is 22.0 Å². The molecule has 4 rings (SSSR count). The molecule has 0 spiro atoms. The van der Waals surface area contributed by atoms with Crippen LogP contribution >= 0.6 is 11.3 Å². The van der Waals surface area contributed by atoms with Gasteiger partial charge in [0, 0.05) is 24.4 Å². The zero-order chi connectivity index (χ0) is 15.6. The van der Waals surface area contributed by atoms with Gasteiger partial charge in [-0.05, 0) is 17.7 Å². The highest BCUT2D eigenvalue weighted by Gasteiger charge is 2.17. The van der Waals surface area contributed by atoms with Crippen molar-refractivity contribution in [2.24, 2.45) is 0 Å². The molecule has 0 N–H and O–H groups in total. The zero-order valence-corrected chi connectivity index (χ0v) is 12.9. The minimum atomic E-state index is 0.448. The number of pyridine rings is 1. The van der Waals surface area contributed by atoms with Crippen LogP contribution in [0.3, 0.4) is 0 Å². The molecule has 0 radical (unpaired) electrons. The van der Waals surface area contributed by atoms with Crippen LogP contribution in [0.2, 0.25) is 0 Å². The van der Waals surface area contributed by atoms with Gasteiger partial charge in [0.25, 0.3) is 0 Å². The fraction of sp³-hybridized carbons (Fsp3) is 0.0588. The summed E-state index contributed by atoms with van der Waals surface area (Å²) in [5.41, 5.74) is 3.09. The van der Waals surface area contributed by atoms with E-state index >= 15 is 0 Å². The van der Waals surface area contributed by atoms with E-state index in [1.165, 1.54) is 16.9 Å². The number of aromatic nitrogens is 4. The molecule has 6 heteroatoms. The highest BCUT2D eigenvalue weighted by atomic mass is 32.1. The molecule has 5 nitrogen and oxygen atoms in total. The number of hydrogen-bond acceptors (Lipinski definition) is 5. The van der Waals surface area contributed by atoms with E-state index in [1.54, 1.807) is 16.9 Å². The molecule has 0 bridgehead atoms. The van der Waals surface area contributed by atoms with Crippen molar-refractivity contribution in [1.29, 1.82) is 5.26 Å². The summed E-state index contributed by atoms with van der Waals surface area (Å²) in [5.74, 6) is 0. The van der Waals surface area contributed by atoms with Crippen LogP contribution in [-0.2, 0) is 6.42 Å². The lowest BCUT2D eigenvalue weighted by molar-refractivity contribution is 0.909. The van der Waals surface area contributed by atoms with Crippen LogP contribution in [-0.4, -0.2) is 19.6 Å². The Morgan fingerprint density at radius 2 is 2.00 bits per heavy atom. The molecule has 0 saturated carbocycles. The van der Waals surface area contributed by atoms with Crippen LogP contribution < -0.4 is 0 Å². The molecular formula is C17H11N5S. The van der Waals surface area contributed by atoms with Gasteiger partial charge in [-0.25, -0.2) is 4.98 Å². The Morgan fingerprint density at radius 1 is 1.13 bits per heavy atom. The summed E-state index contributed by atoms with van der Waals surface area (Å²) in [6, 6.07) is 16.1. The Labute approximate surface area is 136 Å². The van der Waals surface area contributed by atoms with Crippen LogP contribution in [0.1, 0.15) is 16.3 Å². The predicted octanol–water partition coefficient (Wildman–Crippen LogP) is 3.32. The van der Waals surface area contributed by atoms with Crippen LogP contribution in [0, 0.1) is 11.3 Å². The largest absolute Gasteiger partial charge is 0.264 e. The molecule has 0 amide bonds. The molecule has 3 aromatic heterocycles. The number of imidazole rings is 1. The van der Waals surface area contributed by atoms with E-state index in [0.29, 0.717) is 11.4 Å². The fourth-order valence-corrected chi connectivity index (χ4v) is 3.36. The highest BCUT2D eigenvalue weighted by molar-refractivity contribution is 7.16. The number of nitriles is 1. The molecule has 0 saturated heterocycles. The van der Waals surface area contributed by atoms with E-state index in [4.69, 9.17) is 0 Å². The van der Waals surface area contributed by atoms with Gasteiger partial charge in [-0.2, -0.15) is 14.9 Å². The molecule has 110 valence electrons. The standard InChI is InChI=1S/C17H11N5S/c18-10-14-16(13-7-4-8-19-11-13)20-17-22(14)21-15(23-17)9-12-5-2-1-3-6-12/h1-8,11H,9H2. The van der Waals surface area contributed by atoms with Crippen molar-refractivity contribution < 1.29 is 0 Å². The summed E-state index contributed by atoms with van der Waals surface area (Å²) in [4.78, 5) is 9.39. The first kappa shape index (κ1) is 13.6. The average Bonchev–Trinajstić information content (AvgIpc) is 3.13. The molecule has 1 aromatic carbocycles. The normalized spacial score (nSPS) is 10.7. The van der Waals surface area contributed by atoms with Crippen molar-refractivity contribution in [2.75, 3.05) is 0 Å². The van der Waals surface area contributed by atoms with Gasteiger partial charge in [0.1, 0.15) is 16.8 Å². The van der Waals surface area contributed by atoms with E-state index in [1.807, 2.05) is 30.3 Å². The maximum atomic E-state index is 9.50. The average molecular weight is 317 g/mol. The quantitative estimate of drug-likeness (QED) is 0.581. The number of fused-ring (bicyclic) bond motifs is 1. The lowest BCUT2D eigenvalue weighted by Crippen LogP contribution is -1.93. The van der Waals surface area contributed by atoms with Gasteiger partial charge in [-0.3, -0.25) is 4.98 Å².